The average Bonchev–Trinajstić information content (AvgIpc) is 2.86. The molecule has 0 spiro atoms. The molecular formula is C32H49NO5. The van der Waals surface area contributed by atoms with Crippen molar-refractivity contribution in [2.24, 2.45) is 5.92 Å². The van der Waals surface area contributed by atoms with Crippen LogP contribution in [-0.4, -0.2) is 59.0 Å². The summed E-state index contributed by atoms with van der Waals surface area (Å²) in [4.78, 5) is 13.0. The number of hydrogen-bond acceptors (Lipinski definition) is 6. The van der Waals surface area contributed by atoms with Gasteiger partial charge in [-0.05, 0) is 81.2 Å². The normalized spacial score (nSPS) is 25.9. The van der Waals surface area contributed by atoms with Gasteiger partial charge in [0.1, 0.15) is 23.2 Å². The van der Waals surface area contributed by atoms with Gasteiger partial charge in [-0.15, -0.1) is 0 Å². The molecule has 1 saturated heterocycles. The summed E-state index contributed by atoms with van der Waals surface area (Å²) in [6.45, 7) is 13.7. The van der Waals surface area contributed by atoms with Crippen molar-refractivity contribution in [2.45, 2.75) is 122 Å². The minimum atomic E-state index is -0.580. The smallest absolute Gasteiger partial charge is 0.293 e. The minimum absolute atomic E-state index is 0.0434. The Hall–Kier alpha value is -2.05. The second-order valence-electron chi connectivity index (χ2n) is 13.0. The van der Waals surface area contributed by atoms with Crippen LogP contribution in [0.4, 0.5) is 0 Å². The van der Waals surface area contributed by atoms with Crippen molar-refractivity contribution in [1.29, 1.82) is 0 Å². The molecule has 2 N–H and O–H groups in total. The number of rotatable bonds is 11. The number of carbonyl (C=O) groups is 1. The van der Waals surface area contributed by atoms with E-state index < -0.39 is 6.10 Å². The minimum Gasteiger partial charge on any atom is -0.508 e. The number of fused-ring (bicyclic) bond motifs is 3. The van der Waals surface area contributed by atoms with Gasteiger partial charge in [-0.2, -0.15) is 0 Å². The number of phenols is 1. The first kappa shape index (κ1) is 28.9. The van der Waals surface area contributed by atoms with Crippen molar-refractivity contribution in [3.63, 3.8) is 0 Å². The highest BCUT2D eigenvalue weighted by Gasteiger charge is 2.47. The molecule has 2 aliphatic heterocycles. The number of nitrogens with zero attached hydrogens (tertiary/aromatic N) is 1. The molecule has 6 nitrogen and oxygen atoms in total. The zero-order chi connectivity index (χ0) is 27.5. The summed E-state index contributed by atoms with van der Waals surface area (Å²) in [6.07, 6.45) is 10.9. The number of allylic oxidation sites excluding steroid dienone is 1. The predicted octanol–water partition coefficient (Wildman–Crippen LogP) is 6.23. The average molecular weight is 528 g/mol. The quantitative estimate of drug-likeness (QED) is 0.202. The zero-order valence-electron chi connectivity index (χ0n) is 24.2. The first-order valence-electron chi connectivity index (χ1n) is 14.8. The first-order chi connectivity index (χ1) is 18.1. The summed E-state index contributed by atoms with van der Waals surface area (Å²) in [5.41, 5.74) is 2.65. The fraction of sp³-hybridized carbons (Fsp3) is 0.719. The summed E-state index contributed by atoms with van der Waals surface area (Å²) >= 11 is 0. The number of β-amino-alcohol motifs (C(OH)–C–C–N with tert-alkyl or cyclic N) is 1. The van der Waals surface area contributed by atoms with Crippen molar-refractivity contribution in [3.05, 3.63) is 34.9 Å². The molecule has 2 heterocycles. The third kappa shape index (κ3) is 6.39. The maximum absolute atomic E-state index is 11.4. The van der Waals surface area contributed by atoms with E-state index in [1.807, 2.05) is 6.07 Å². The zero-order valence-corrected chi connectivity index (χ0v) is 24.2. The molecule has 1 aliphatic carbocycles. The number of aromatic hydroxyl groups is 1. The Morgan fingerprint density at radius 3 is 2.79 bits per heavy atom. The molecule has 1 aromatic rings. The first-order valence-corrected chi connectivity index (χ1v) is 14.8. The maximum Gasteiger partial charge on any atom is 0.293 e. The molecule has 0 amide bonds. The van der Waals surface area contributed by atoms with Gasteiger partial charge in [0.15, 0.2) is 0 Å². The van der Waals surface area contributed by atoms with Gasteiger partial charge in [-0.1, -0.05) is 52.5 Å². The molecule has 212 valence electrons. The molecule has 1 fully saturated rings. The van der Waals surface area contributed by atoms with Gasteiger partial charge >= 0.3 is 0 Å². The van der Waals surface area contributed by atoms with Gasteiger partial charge in [0, 0.05) is 30.5 Å². The topological polar surface area (TPSA) is 79.2 Å². The number of aliphatic hydroxyl groups is 1. The fourth-order valence-corrected chi connectivity index (χ4v) is 6.95. The summed E-state index contributed by atoms with van der Waals surface area (Å²) in [7, 11) is 0. The predicted molar refractivity (Wildman–Crippen MR) is 151 cm³/mol. The van der Waals surface area contributed by atoms with Crippen molar-refractivity contribution in [3.8, 4) is 11.5 Å². The SMILES string of the molecule is CCCCCCC(C)(C)c1cc(O)c2c(c1)OC(C)(C)[C@@H]1CC=C(C(O)CN3CCCC(OC=O)C3)CC21. The van der Waals surface area contributed by atoms with Crippen molar-refractivity contribution in [2.75, 3.05) is 19.6 Å². The van der Waals surface area contributed by atoms with Crippen LogP contribution in [0.25, 0.3) is 0 Å². The number of likely N-dealkylation sites (tertiary alicyclic amines) is 1. The van der Waals surface area contributed by atoms with Crippen LogP contribution in [0.3, 0.4) is 0 Å². The lowest BCUT2D eigenvalue weighted by Gasteiger charge is -2.48. The summed E-state index contributed by atoms with van der Waals surface area (Å²) in [5.74, 6) is 1.45. The molecule has 0 radical (unpaired) electrons. The second kappa shape index (κ2) is 12.0. The Balaban J connectivity index is 1.52. The second-order valence-corrected chi connectivity index (χ2v) is 13.0. The molecule has 4 rings (SSSR count). The van der Waals surface area contributed by atoms with Crippen molar-refractivity contribution in [1.82, 2.24) is 4.90 Å². The van der Waals surface area contributed by atoms with Gasteiger partial charge in [0.25, 0.3) is 6.47 Å². The van der Waals surface area contributed by atoms with Crippen LogP contribution in [0.2, 0.25) is 0 Å². The van der Waals surface area contributed by atoms with Gasteiger partial charge in [-0.25, -0.2) is 0 Å². The highest BCUT2D eigenvalue weighted by Crippen LogP contribution is 2.55. The van der Waals surface area contributed by atoms with E-state index in [0.717, 1.165) is 54.7 Å². The Labute approximate surface area is 229 Å². The molecule has 3 unspecified atom stereocenters. The highest BCUT2D eigenvalue weighted by atomic mass is 16.5. The van der Waals surface area contributed by atoms with Gasteiger partial charge < -0.3 is 19.7 Å². The number of unbranched alkanes of at least 4 members (excludes halogenated alkanes) is 3. The number of piperidine rings is 1. The Morgan fingerprint density at radius 2 is 2.05 bits per heavy atom. The molecule has 6 heteroatoms. The standard InChI is InChI=1S/C32H49NO5/c1-6-7-8-9-14-31(2,3)23-17-27(35)30-25-16-22(12-13-26(25)32(4,5)38-29(30)18-23)28(36)20-33-15-10-11-24(19-33)37-21-34/h12,17-18,21,24-26,28,35-36H,6-11,13-16,19-20H2,1-5H3/t24?,25?,26-,28?/m1/s1. The van der Waals surface area contributed by atoms with E-state index in [2.05, 4.69) is 51.7 Å². The van der Waals surface area contributed by atoms with Crippen molar-refractivity contribution >= 4 is 6.47 Å². The van der Waals surface area contributed by atoms with E-state index in [1.165, 1.54) is 25.7 Å². The van der Waals surface area contributed by atoms with Crippen LogP contribution in [0.1, 0.15) is 109 Å². The van der Waals surface area contributed by atoms with E-state index in [1.54, 1.807) is 0 Å². The van der Waals surface area contributed by atoms with E-state index in [0.29, 0.717) is 31.7 Å². The number of aliphatic hydroxyl groups excluding tert-OH is 1. The largest absolute Gasteiger partial charge is 0.508 e. The van der Waals surface area contributed by atoms with Crippen LogP contribution in [-0.2, 0) is 14.9 Å². The number of hydrogen-bond donors (Lipinski definition) is 2. The number of benzene rings is 1. The van der Waals surface area contributed by atoms with Crippen LogP contribution in [0, 0.1) is 5.92 Å². The summed E-state index contributed by atoms with van der Waals surface area (Å²) < 4.78 is 11.8. The third-order valence-corrected chi connectivity index (χ3v) is 9.34. The molecular weight excluding hydrogens is 478 g/mol. The molecule has 0 saturated carbocycles. The Bertz CT molecular complexity index is 1000. The van der Waals surface area contributed by atoms with Crippen LogP contribution in [0.5, 0.6) is 11.5 Å². The van der Waals surface area contributed by atoms with Crippen molar-refractivity contribution < 1.29 is 24.5 Å². The molecule has 38 heavy (non-hydrogen) atoms. The summed E-state index contributed by atoms with van der Waals surface area (Å²) in [5, 5.41) is 22.6. The van der Waals surface area contributed by atoms with Crippen LogP contribution < -0.4 is 4.74 Å². The van der Waals surface area contributed by atoms with Crippen LogP contribution >= 0.6 is 0 Å². The molecule has 3 aliphatic rings. The Kier molecular flexibility index (Phi) is 9.14. The van der Waals surface area contributed by atoms with Gasteiger partial charge in [0.05, 0.1) is 6.10 Å². The van der Waals surface area contributed by atoms with Gasteiger partial charge in [0.2, 0.25) is 0 Å². The van der Waals surface area contributed by atoms with Gasteiger partial charge in [-0.3, -0.25) is 9.69 Å². The fourth-order valence-electron chi connectivity index (χ4n) is 6.95. The molecule has 0 bridgehead atoms. The number of ether oxygens (including phenoxy) is 2. The lowest BCUT2D eigenvalue weighted by atomic mass is 9.66. The third-order valence-electron chi connectivity index (χ3n) is 9.34. The highest BCUT2D eigenvalue weighted by molar-refractivity contribution is 5.54. The van der Waals surface area contributed by atoms with Crippen LogP contribution in [0.15, 0.2) is 23.8 Å². The summed E-state index contributed by atoms with van der Waals surface area (Å²) in [6, 6.07) is 4.13. The monoisotopic (exact) mass is 527 g/mol. The lowest BCUT2D eigenvalue weighted by Crippen LogP contribution is -2.47. The van der Waals surface area contributed by atoms with E-state index in [-0.39, 0.29) is 29.0 Å². The maximum atomic E-state index is 11.4. The lowest BCUT2D eigenvalue weighted by molar-refractivity contribution is -0.136. The molecule has 4 atom stereocenters. The van der Waals surface area contributed by atoms with E-state index in [9.17, 15) is 15.0 Å². The van der Waals surface area contributed by atoms with E-state index >= 15 is 0 Å². The van der Waals surface area contributed by atoms with E-state index in [4.69, 9.17) is 9.47 Å². The molecule has 0 aromatic heterocycles. The Morgan fingerprint density at radius 1 is 1.26 bits per heavy atom. The number of phenolic OH excluding ortho intramolecular Hbond substituents is 1. The number of carbonyl (C=O) groups excluding carboxylic acids is 1. The molecule has 1 aromatic carbocycles.